The van der Waals surface area contributed by atoms with Crippen LogP contribution in [0.5, 0.6) is 5.88 Å². The number of carbonyl (C=O) groups is 2. The second-order valence-electron chi connectivity index (χ2n) is 4.26. The van der Waals surface area contributed by atoms with E-state index in [1.54, 1.807) is 6.07 Å². The molecule has 0 radical (unpaired) electrons. The zero-order valence-electron chi connectivity index (χ0n) is 10.3. The molecule has 1 aliphatic rings. The van der Waals surface area contributed by atoms with E-state index in [1.165, 1.54) is 19.4 Å². The number of hydrogen-bond acceptors (Lipinski definition) is 5. The lowest BCUT2D eigenvalue weighted by molar-refractivity contribution is -0.141. The Morgan fingerprint density at radius 3 is 2.89 bits per heavy atom. The number of aliphatic carboxylic acids is 1. The molecule has 1 aliphatic heterocycles. The van der Waals surface area contributed by atoms with E-state index in [-0.39, 0.29) is 24.4 Å². The number of ether oxygens (including phenoxy) is 1. The first-order chi connectivity index (χ1) is 9.04. The van der Waals surface area contributed by atoms with Crippen LogP contribution in [0.1, 0.15) is 16.8 Å². The van der Waals surface area contributed by atoms with Gasteiger partial charge in [-0.05, 0) is 12.1 Å². The van der Waals surface area contributed by atoms with Gasteiger partial charge in [0, 0.05) is 19.2 Å². The molecule has 0 unspecified atom stereocenters. The smallest absolute Gasteiger partial charge is 0.326 e. The van der Waals surface area contributed by atoms with Gasteiger partial charge in [-0.25, -0.2) is 9.78 Å². The van der Waals surface area contributed by atoms with Crippen molar-refractivity contribution < 1.29 is 24.5 Å². The molecule has 2 heterocycles. The number of likely N-dealkylation sites (tertiary alicyclic amines) is 1. The van der Waals surface area contributed by atoms with Gasteiger partial charge < -0.3 is 19.8 Å². The summed E-state index contributed by atoms with van der Waals surface area (Å²) >= 11 is 0. The van der Waals surface area contributed by atoms with Crippen LogP contribution in [0.15, 0.2) is 18.3 Å². The van der Waals surface area contributed by atoms with E-state index in [2.05, 4.69) is 4.98 Å². The number of aliphatic hydroxyl groups excluding tert-OH is 1. The van der Waals surface area contributed by atoms with Crippen molar-refractivity contribution in [1.29, 1.82) is 0 Å². The summed E-state index contributed by atoms with van der Waals surface area (Å²) in [4.78, 5) is 28.4. The summed E-state index contributed by atoms with van der Waals surface area (Å²) in [5.74, 6) is -1.50. The van der Waals surface area contributed by atoms with Crippen LogP contribution in [0.4, 0.5) is 0 Å². The van der Waals surface area contributed by atoms with Crippen molar-refractivity contribution in [1.82, 2.24) is 9.88 Å². The first-order valence-electron chi connectivity index (χ1n) is 5.75. The van der Waals surface area contributed by atoms with Crippen LogP contribution in [-0.4, -0.2) is 57.8 Å². The molecule has 0 bridgehead atoms. The van der Waals surface area contributed by atoms with Crippen LogP contribution < -0.4 is 4.74 Å². The summed E-state index contributed by atoms with van der Waals surface area (Å²) in [6.45, 7) is -0.00610. The Kier molecular flexibility index (Phi) is 3.66. The van der Waals surface area contributed by atoms with Gasteiger partial charge in [0.05, 0.1) is 13.2 Å². The van der Waals surface area contributed by atoms with E-state index in [0.29, 0.717) is 0 Å². The Labute approximate surface area is 109 Å². The Morgan fingerprint density at radius 1 is 1.53 bits per heavy atom. The van der Waals surface area contributed by atoms with E-state index in [1.807, 2.05) is 0 Å². The SMILES string of the molecule is COc1ncccc1C(=O)N1C[C@@H](O)C[C@H]1C(=O)O. The number of methoxy groups -OCH3 is 1. The van der Waals surface area contributed by atoms with E-state index in [9.17, 15) is 14.7 Å². The molecule has 1 amide bonds. The Hall–Kier alpha value is -2.15. The molecule has 2 N–H and O–H groups in total. The van der Waals surface area contributed by atoms with Crippen molar-refractivity contribution in [2.75, 3.05) is 13.7 Å². The summed E-state index contributed by atoms with van der Waals surface area (Å²) in [5.41, 5.74) is 0.186. The first kappa shape index (κ1) is 13.3. The summed E-state index contributed by atoms with van der Waals surface area (Å²) < 4.78 is 4.98. The zero-order chi connectivity index (χ0) is 14.0. The number of amides is 1. The summed E-state index contributed by atoms with van der Waals surface area (Å²) in [5, 5.41) is 18.6. The fourth-order valence-corrected chi connectivity index (χ4v) is 2.14. The van der Waals surface area contributed by atoms with E-state index >= 15 is 0 Å². The molecule has 7 nitrogen and oxygen atoms in total. The zero-order valence-corrected chi connectivity index (χ0v) is 10.3. The Balaban J connectivity index is 2.30. The second kappa shape index (κ2) is 5.23. The number of β-amino-alcohol motifs (C(OH)–C–C–N with tert-alkyl or cyclic N) is 1. The average Bonchev–Trinajstić information content (AvgIpc) is 2.80. The Morgan fingerprint density at radius 2 is 2.26 bits per heavy atom. The van der Waals surface area contributed by atoms with Crippen molar-refractivity contribution in [2.45, 2.75) is 18.6 Å². The normalized spacial score (nSPS) is 22.3. The number of carboxylic acids is 1. The molecule has 2 rings (SSSR count). The fourth-order valence-electron chi connectivity index (χ4n) is 2.14. The number of pyridine rings is 1. The predicted octanol–water partition coefficient (Wildman–Crippen LogP) is -0.250. The maximum atomic E-state index is 12.3. The second-order valence-corrected chi connectivity index (χ2v) is 4.26. The van der Waals surface area contributed by atoms with Crippen LogP contribution in [0.25, 0.3) is 0 Å². The Bertz CT molecular complexity index is 505. The third-order valence-corrected chi connectivity index (χ3v) is 3.02. The van der Waals surface area contributed by atoms with Crippen LogP contribution in [0, 0.1) is 0 Å². The number of carboxylic acid groups (broad SMARTS) is 1. The maximum absolute atomic E-state index is 12.3. The molecule has 0 aromatic carbocycles. The van der Waals surface area contributed by atoms with Gasteiger partial charge in [-0.1, -0.05) is 0 Å². The number of hydrogen-bond donors (Lipinski definition) is 2. The molecular weight excluding hydrogens is 252 g/mol. The molecule has 0 saturated carbocycles. The highest BCUT2D eigenvalue weighted by atomic mass is 16.5. The molecule has 1 saturated heterocycles. The van der Waals surface area contributed by atoms with Crippen molar-refractivity contribution >= 4 is 11.9 Å². The molecule has 0 aliphatic carbocycles. The lowest BCUT2D eigenvalue weighted by Gasteiger charge is -2.21. The molecule has 1 aromatic heterocycles. The number of carbonyl (C=O) groups excluding carboxylic acids is 1. The van der Waals surface area contributed by atoms with Crippen molar-refractivity contribution in [3.63, 3.8) is 0 Å². The minimum absolute atomic E-state index is 0.00610. The van der Waals surface area contributed by atoms with Crippen molar-refractivity contribution in [3.05, 3.63) is 23.9 Å². The van der Waals surface area contributed by atoms with Gasteiger partial charge >= 0.3 is 5.97 Å². The molecule has 7 heteroatoms. The molecule has 1 aromatic rings. The maximum Gasteiger partial charge on any atom is 0.326 e. The van der Waals surface area contributed by atoms with Crippen molar-refractivity contribution in [2.24, 2.45) is 0 Å². The third kappa shape index (κ3) is 2.50. The van der Waals surface area contributed by atoms with Crippen molar-refractivity contribution in [3.8, 4) is 5.88 Å². The van der Waals surface area contributed by atoms with E-state index in [4.69, 9.17) is 9.84 Å². The van der Waals surface area contributed by atoms with Gasteiger partial charge in [0.2, 0.25) is 5.88 Å². The van der Waals surface area contributed by atoms with Gasteiger partial charge in [-0.2, -0.15) is 0 Å². The quantitative estimate of drug-likeness (QED) is 0.782. The number of nitrogens with zero attached hydrogens (tertiary/aromatic N) is 2. The highest BCUT2D eigenvalue weighted by Crippen LogP contribution is 2.24. The molecule has 102 valence electrons. The molecule has 0 spiro atoms. The predicted molar refractivity (Wildman–Crippen MR) is 63.9 cm³/mol. The summed E-state index contributed by atoms with van der Waals surface area (Å²) in [6.07, 6.45) is 0.681. The lowest BCUT2D eigenvalue weighted by atomic mass is 10.2. The molecule has 1 fully saturated rings. The fraction of sp³-hybridized carbons (Fsp3) is 0.417. The topological polar surface area (TPSA) is 100.0 Å². The van der Waals surface area contributed by atoms with Crippen LogP contribution in [0.2, 0.25) is 0 Å². The third-order valence-electron chi connectivity index (χ3n) is 3.02. The summed E-state index contributed by atoms with van der Waals surface area (Å²) in [6, 6.07) is 2.06. The van der Waals surface area contributed by atoms with Crippen LogP contribution in [-0.2, 0) is 4.79 Å². The number of aromatic nitrogens is 1. The van der Waals surface area contributed by atoms with Crippen LogP contribution >= 0.6 is 0 Å². The van der Waals surface area contributed by atoms with E-state index in [0.717, 1.165) is 4.90 Å². The number of rotatable bonds is 3. The van der Waals surface area contributed by atoms with E-state index < -0.39 is 24.0 Å². The summed E-state index contributed by atoms with van der Waals surface area (Å²) in [7, 11) is 1.38. The monoisotopic (exact) mass is 266 g/mol. The van der Waals surface area contributed by atoms with Crippen LogP contribution in [0.3, 0.4) is 0 Å². The molecule has 2 atom stereocenters. The molecule has 19 heavy (non-hydrogen) atoms. The van der Waals surface area contributed by atoms with Gasteiger partial charge in [0.25, 0.3) is 5.91 Å². The first-order valence-corrected chi connectivity index (χ1v) is 5.75. The highest BCUT2D eigenvalue weighted by Gasteiger charge is 2.40. The minimum atomic E-state index is -1.13. The van der Waals surface area contributed by atoms with Gasteiger partial charge in [-0.3, -0.25) is 4.79 Å². The van der Waals surface area contributed by atoms with Gasteiger partial charge in [-0.15, -0.1) is 0 Å². The largest absolute Gasteiger partial charge is 0.480 e. The number of aliphatic hydroxyl groups is 1. The minimum Gasteiger partial charge on any atom is -0.480 e. The molecular formula is C12H14N2O5. The standard InChI is InChI=1S/C12H14N2O5/c1-19-10-8(3-2-4-13-10)11(16)14-6-7(15)5-9(14)12(17)18/h2-4,7,9,15H,5-6H2,1H3,(H,17,18)/t7-,9-/m0/s1. The van der Waals surface area contributed by atoms with Gasteiger partial charge in [0.15, 0.2) is 0 Å². The van der Waals surface area contributed by atoms with Gasteiger partial charge in [0.1, 0.15) is 11.6 Å². The lowest BCUT2D eigenvalue weighted by Crippen LogP contribution is -2.40. The average molecular weight is 266 g/mol. The highest BCUT2D eigenvalue weighted by molar-refractivity contribution is 5.98.